The SMILES string of the molecule is COc1cccc(OC)c1OCC(O)CN(C)C1CCCCC1. The molecule has 1 aliphatic carbocycles. The summed E-state index contributed by atoms with van der Waals surface area (Å²) in [6.07, 6.45) is 5.83. The van der Waals surface area contributed by atoms with Gasteiger partial charge in [-0.3, -0.25) is 0 Å². The predicted molar refractivity (Wildman–Crippen MR) is 90.6 cm³/mol. The second kappa shape index (κ2) is 8.99. The molecule has 5 heteroatoms. The topological polar surface area (TPSA) is 51.2 Å². The van der Waals surface area contributed by atoms with Crippen LogP contribution < -0.4 is 14.2 Å². The van der Waals surface area contributed by atoms with Gasteiger partial charge in [-0.1, -0.05) is 25.3 Å². The highest BCUT2D eigenvalue weighted by molar-refractivity contribution is 5.51. The molecule has 1 atom stereocenters. The number of methoxy groups -OCH3 is 2. The molecule has 0 radical (unpaired) electrons. The first-order valence-corrected chi connectivity index (χ1v) is 8.37. The molecule has 0 bridgehead atoms. The van der Waals surface area contributed by atoms with Gasteiger partial charge in [0.15, 0.2) is 11.5 Å². The van der Waals surface area contributed by atoms with E-state index in [0.29, 0.717) is 29.8 Å². The molecule has 0 heterocycles. The summed E-state index contributed by atoms with van der Waals surface area (Å²) in [6, 6.07) is 6.06. The molecule has 1 aliphatic rings. The first-order valence-electron chi connectivity index (χ1n) is 8.37. The Balaban J connectivity index is 1.87. The van der Waals surface area contributed by atoms with Crippen LogP contribution in [0.1, 0.15) is 32.1 Å². The largest absolute Gasteiger partial charge is 0.493 e. The molecule has 0 spiro atoms. The van der Waals surface area contributed by atoms with Crippen LogP contribution in [0.3, 0.4) is 0 Å². The van der Waals surface area contributed by atoms with E-state index in [-0.39, 0.29) is 6.61 Å². The van der Waals surface area contributed by atoms with Crippen LogP contribution in [0.25, 0.3) is 0 Å². The lowest BCUT2D eigenvalue weighted by Crippen LogP contribution is -2.40. The second-order valence-corrected chi connectivity index (χ2v) is 6.19. The van der Waals surface area contributed by atoms with E-state index >= 15 is 0 Å². The standard InChI is InChI=1S/C18H29NO4/c1-19(14-8-5-4-6-9-14)12-15(20)13-23-18-16(21-2)10-7-11-17(18)22-3/h7,10-11,14-15,20H,4-6,8-9,12-13H2,1-3H3. The molecule has 1 fully saturated rings. The molecule has 5 nitrogen and oxygen atoms in total. The van der Waals surface area contributed by atoms with Gasteiger partial charge < -0.3 is 24.2 Å². The Bertz CT molecular complexity index is 452. The number of hydrogen-bond donors (Lipinski definition) is 1. The number of nitrogens with zero attached hydrogens (tertiary/aromatic N) is 1. The van der Waals surface area contributed by atoms with E-state index in [2.05, 4.69) is 11.9 Å². The summed E-state index contributed by atoms with van der Waals surface area (Å²) in [6.45, 7) is 0.829. The summed E-state index contributed by atoms with van der Waals surface area (Å²) in [5.41, 5.74) is 0. The van der Waals surface area contributed by atoms with E-state index in [4.69, 9.17) is 14.2 Å². The third-order valence-electron chi connectivity index (χ3n) is 4.50. The van der Waals surface area contributed by atoms with Gasteiger partial charge in [0.05, 0.1) is 14.2 Å². The predicted octanol–water partition coefficient (Wildman–Crippen LogP) is 2.71. The molecule has 0 aliphatic heterocycles. The van der Waals surface area contributed by atoms with Gasteiger partial charge in [0.25, 0.3) is 0 Å². The molecular formula is C18H29NO4. The van der Waals surface area contributed by atoms with Crippen molar-refractivity contribution >= 4 is 0 Å². The molecule has 23 heavy (non-hydrogen) atoms. The van der Waals surface area contributed by atoms with Crippen molar-refractivity contribution in [3.05, 3.63) is 18.2 Å². The number of aliphatic hydroxyl groups is 1. The van der Waals surface area contributed by atoms with Crippen molar-refractivity contribution < 1.29 is 19.3 Å². The van der Waals surface area contributed by atoms with Crippen molar-refractivity contribution in [3.63, 3.8) is 0 Å². The molecule has 2 rings (SSSR count). The summed E-state index contributed by atoms with van der Waals surface area (Å²) in [5.74, 6) is 1.76. The van der Waals surface area contributed by atoms with Crippen molar-refractivity contribution in [2.24, 2.45) is 0 Å². The maximum absolute atomic E-state index is 10.3. The number of aliphatic hydroxyl groups excluding tert-OH is 1. The monoisotopic (exact) mass is 323 g/mol. The first kappa shape index (κ1) is 17.9. The number of ether oxygens (including phenoxy) is 3. The summed E-state index contributed by atoms with van der Waals surface area (Å²) in [7, 11) is 5.27. The fourth-order valence-corrected chi connectivity index (χ4v) is 3.19. The highest BCUT2D eigenvalue weighted by Gasteiger charge is 2.21. The van der Waals surface area contributed by atoms with Crippen molar-refractivity contribution in [3.8, 4) is 17.2 Å². The lowest BCUT2D eigenvalue weighted by molar-refractivity contribution is 0.0545. The Morgan fingerprint density at radius 2 is 1.74 bits per heavy atom. The maximum atomic E-state index is 10.3. The molecular weight excluding hydrogens is 294 g/mol. The molecule has 0 saturated heterocycles. The number of rotatable bonds is 8. The van der Waals surface area contributed by atoms with Gasteiger partial charge in [-0.2, -0.15) is 0 Å². The summed E-state index contributed by atoms with van der Waals surface area (Å²) in [5, 5.41) is 10.3. The van der Waals surface area contributed by atoms with E-state index < -0.39 is 6.10 Å². The molecule has 0 amide bonds. The van der Waals surface area contributed by atoms with Gasteiger partial charge in [0.2, 0.25) is 5.75 Å². The minimum absolute atomic E-state index is 0.216. The molecule has 1 aromatic carbocycles. The minimum Gasteiger partial charge on any atom is -0.493 e. The fourth-order valence-electron chi connectivity index (χ4n) is 3.19. The van der Waals surface area contributed by atoms with Gasteiger partial charge in [-0.05, 0) is 32.0 Å². The summed E-state index contributed by atoms with van der Waals surface area (Å²) in [4.78, 5) is 2.26. The van der Waals surface area contributed by atoms with Crippen LogP contribution in [0, 0.1) is 0 Å². The Kier molecular flexibility index (Phi) is 6.99. The van der Waals surface area contributed by atoms with E-state index in [0.717, 1.165) is 0 Å². The van der Waals surface area contributed by atoms with Crippen LogP contribution in [0.4, 0.5) is 0 Å². The highest BCUT2D eigenvalue weighted by Crippen LogP contribution is 2.36. The highest BCUT2D eigenvalue weighted by atomic mass is 16.5. The van der Waals surface area contributed by atoms with Crippen molar-refractivity contribution in [2.75, 3.05) is 34.4 Å². The Morgan fingerprint density at radius 3 is 2.30 bits per heavy atom. The Labute approximate surface area is 139 Å². The molecule has 1 N–H and O–H groups in total. The third kappa shape index (κ3) is 5.01. The van der Waals surface area contributed by atoms with Crippen LogP contribution in [-0.4, -0.2) is 56.6 Å². The third-order valence-corrected chi connectivity index (χ3v) is 4.50. The van der Waals surface area contributed by atoms with Crippen LogP contribution in [0.15, 0.2) is 18.2 Å². The maximum Gasteiger partial charge on any atom is 0.203 e. The van der Waals surface area contributed by atoms with Gasteiger partial charge >= 0.3 is 0 Å². The van der Waals surface area contributed by atoms with Gasteiger partial charge in [0.1, 0.15) is 12.7 Å². The normalized spacial score (nSPS) is 17.1. The van der Waals surface area contributed by atoms with Crippen LogP contribution in [0.5, 0.6) is 17.2 Å². The zero-order valence-corrected chi connectivity index (χ0v) is 14.5. The van der Waals surface area contributed by atoms with Crippen molar-refractivity contribution in [1.82, 2.24) is 4.90 Å². The van der Waals surface area contributed by atoms with Crippen molar-refractivity contribution in [2.45, 2.75) is 44.2 Å². The smallest absolute Gasteiger partial charge is 0.203 e. The number of benzene rings is 1. The average molecular weight is 323 g/mol. The lowest BCUT2D eigenvalue weighted by Gasteiger charge is -2.32. The molecule has 1 unspecified atom stereocenters. The quantitative estimate of drug-likeness (QED) is 0.797. The van der Waals surface area contributed by atoms with Crippen LogP contribution in [0.2, 0.25) is 0 Å². The zero-order chi connectivity index (χ0) is 16.7. The van der Waals surface area contributed by atoms with Gasteiger partial charge in [-0.25, -0.2) is 0 Å². The number of para-hydroxylation sites is 1. The lowest BCUT2D eigenvalue weighted by atomic mass is 9.94. The number of likely N-dealkylation sites (N-methyl/N-ethyl adjacent to an activating group) is 1. The minimum atomic E-state index is -0.545. The van der Waals surface area contributed by atoms with Crippen LogP contribution >= 0.6 is 0 Å². The van der Waals surface area contributed by atoms with Crippen LogP contribution in [-0.2, 0) is 0 Å². The average Bonchev–Trinajstić information content (AvgIpc) is 2.60. The zero-order valence-electron chi connectivity index (χ0n) is 14.5. The summed E-state index contributed by atoms with van der Waals surface area (Å²) < 4.78 is 16.4. The Morgan fingerprint density at radius 1 is 1.13 bits per heavy atom. The molecule has 1 aromatic rings. The summed E-state index contributed by atoms with van der Waals surface area (Å²) >= 11 is 0. The van der Waals surface area contributed by atoms with Crippen molar-refractivity contribution in [1.29, 1.82) is 0 Å². The molecule has 1 saturated carbocycles. The number of hydrogen-bond acceptors (Lipinski definition) is 5. The second-order valence-electron chi connectivity index (χ2n) is 6.19. The molecule has 130 valence electrons. The van der Waals surface area contributed by atoms with Gasteiger partial charge in [0, 0.05) is 12.6 Å². The first-order chi connectivity index (χ1) is 11.2. The van der Waals surface area contributed by atoms with Gasteiger partial charge in [-0.15, -0.1) is 0 Å². The molecule has 0 aromatic heterocycles. The van der Waals surface area contributed by atoms with E-state index in [9.17, 15) is 5.11 Å². The fraction of sp³-hybridized carbons (Fsp3) is 0.667. The van der Waals surface area contributed by atoms with E-state index in [1.165, 1.54) is 32.1 Å². The van der Waals surface area contributed by atoms with E-state index in [1.54, 1.807) is 14.2 Å². The Hall–Kier alpha value is -1.46. The van der Waals surface area contributed by atoms with E-state index in [1.807, 2.05) is 18.2 Å².